The second-order valence-electron chi connectivity index (χ2n) is 9.31. The summed E-state index contributed by atoms with van der Waals surface area (Å²) in [7, 11) is 0. The number of hydrogen-bond acceptors (Lipinski definition) is 0. The van der Waals surface area contributed by atoms with E-state index in [0.717, 1.165) is 0 Å². The summed E-state index contributed by atoms with van der Waals surface area (Å²) in [5.41, 5.74) is 6.63. The molecule has 5 aromatic rings. The third-order valence-corrected chi connectivity index (χ3v) is 7.07. The molecule has 0 heterocycles. The van der Waals surface area contributed by atoms with E-state index in [4.69, 9.17) is 0 Å². The van der Waals surface area contributed by atoms with Crippen LogP contribution in [0.25, 0.3) is 27.1 Å². The fourth-order valence-electron chi connectivity index (χ4n) is 4.47. The molecule has 0 N–H and O–H groups in total. The first-order valence-electron chi connectivity index (χ1n) is 12.5. The van der Waals surface area contributed by atoms with E-state index in [1.54, 1.807) is 0 Å². The topological polar surface area (TPSA) is 0 Å². The van der Waals surface area contributed by atoms with Crippen LogP contribution in [-0.2, 0) is 24.2 Å². The molecule has 3 heteroatoms. The zero-order valence-electron chi connectivity index (χ0n) is 22.3. The van der Waals surface area contributed by atoms with Gasteiger partial charge in [-0.2, -0.15) is 11.6 Å². The Bertz CT molecular complexity index is 1470. The van der Waals surface area contributed by atoms with Gasteiger partial charge in [-0.1, -0.05) is 86.5 Å². The van der Waals surface area contributed by atoms with E-state index >= 15 is 0 Å². The van der Waals surface area contributed by atoms with Crippen LogP contribution in [0.1, 0.15) is 37.5 Å². The molecule has 0 saturated heterocycles. The summed E-state index contributed by atoms with van der Waals surface area (Å²) in [5, 5.41) is 5.39. The molecule has 0 nitrogen and oxygen atoms in total. The SMILES string of the molecule is CC1=[C-]C(C)C=C1c1ccccc1.C[C](=[Zr+2])c1ccc(C)cc1.[Cl-].[Cl-].c1ccc2c(c1)[cH-]c1ccccc12. The fourth-order valence-corrected chi connectivity index (χ4v) is 4.88. The van der Waals surface area contributed by atoms with Crippen LogP contribution in [-0.4, -0.2) is 3.21 Å². The van der Waals surface area contributed by atoms with Crippen molar-refractivity contribution >= 4 is 30.3 Å². The van der Waals surface area contributed by atoms with E-state index in [-0.39, 0.29) is 24.8 Å². The van der Waals surface area contributed by atoms with Gasteiger partial charge in [0, 0.05) is 0 Å². The minimum Gasteiger partial charge on any atom is -1.00 e. The van der Waals surface area contributed by atoms with Gasteiger partial charge in [-0.15, -0.1) is 45.3 Å². The minimum atomic E-state index is 0. The molecule has 0 amide bonds. The summed E-state index contributed by atoms with van der Waals surface area (Å²) in [6, 6.07) is 38.4. The maximum absolute atomic E-state index is 3.39. The summed E-state index contributed by atoms with van der Waals surface area (Å²) < 4.78 is 1.46. The van der Waals surface area contributed by atoms with Crippen LogP contribution < -0.4 is 24.8 Å². The van der Waals surface area contributed by atoms with Crippen molar-refractivity contribution in [3.05, 3.63) is 144 Å². The van der Waals surface area contributed by atoms with Crippen LogP contribution >= 0.6 is 0 Å². The van der Waals surface area contributed by atoms with E-state index in [2.05, 4.69) is 143 Å². The quantitative estimate of drug-likeness (QED) is 0.268. The van der Waals surface area contributed by atoms with Gasteiger partial charge in [0.1, 0.15) is 0 Å². The number of halogens is 2. The predicted octanol–water partition coefficient (Wildman–Crippen LogP) is 3.27. The van der Waals surface area contributed by atoms with E-state index in [0.29, 0.717) is 5.92 Å². The zero-order chi connectivity index (χ0) is 25.5. The van der Waals surface area contributed by atoms with Crippen molar-refractivity contribution in [3.8, 4) is 0 Å². The van der Waals surface area contributed by atoms with E-state index in [1.165, 1.54) is 76.8 Å². The molecule has 0 fully saturated rings. The number of hydrogen-bond donors (Lipinski definition) is 0. The van der Waals surface area contributed by atoms with Crippen molar-refractivity contribution < 1.29 is 49.0 Å². The summed E-state index contributed by atoms with van der Waals surface area (Å²) in [6.45, 7) is 8.58. The first-order chi connectivity index (χ1) is 17.4. The Hall–Kier alpha value is -2.44. The Balaban J connectivity index is 0.000000197. The third kappa shape index (κ3) is 8.28. The van der Waals surface area contributed by atoms with E-state index in [9.17, 15) is 0 Å². The van der Waals surface area contributed by atoms with E-state index < -0.39 is 0 Å². The second-order valence-corrected chi connectivity index (χ2v) is 11.2. The fraction of sp³-hybridized carbons (Fsp3) is 0.143. The van der Waals surface area contributed by atoms with Gasteiger partial charge in [-0.05, 0) is 0 Å². The molecule has 1 aliphatic rings. The first kappa shape index (κ1) is 31.8. The molecular weight excluding hydrogens is 583 g/mol. The van der Waals surface area contributed by atoms with Crippen molar-refractivity contribution in [1.82, 2.24) is 0 Å². The van der Waals surface area contributed by atoms with Gasteiger partial charge in [0.2, 0.25) is 0 Å². The van der Waals surface area contributed by atoms with Crippen molar-refractivity contribution in [1.29, 1.82) is 0 Å². The van der Waals surface area contributed by atoms with Crippen LogP contribution in [0, 0.1) is 18.9 Å². The van der Waals surface area contributed by atoms with Gasteiger partial charge in [0.05, 0.1) is 0 Å². The molecule has 0 aliphatic heterocycles. The Morgan fingerprint density at radius 2 is 1.21 bits per heavy atom. The van der Waals surface area contributed by atoms with Crippen LogP contribution in [0.15, 0.2) is 121 Å². The van der Waals surface area contributed by atoms with Gasteiger partial charge in [-0.25, -0.2) is 5.57 Å². The third-order valence-electron chi connectivity index (χ3n) is 6.36. The number of allylic oxidation sites excluding steroid dienone is 4. The molecule has 0 spiro atoms. The molecule has 1 unspecified atom stereocenters. The van der Waals surface area contributed by atoms with E-state index in [1.807, 2.05) is 6.07 Å². The number of benzene rings is 4. The summed E-state index contributed by atoms with van der Waals surface area (Å²) >= 11 is 1.51. The molecule has 0 radical (unpaired) electrons. The van der Waals surface area contributed by atoms with Crippen molar-refractivity contribution in [2.45, 2.75) is 27.7 Å². The molecule has 6 rings (SSSR count). The average Bonchev–Trinajstić information content (AvgIpc) is 3.44. The van der Waals surface area contributed by atoms with Crippen LogP contribution in [0.5, 0.6) is 0 Å². The molecular formula is C35H32Cl2Zr-2. The molecule has 1 aliphatic carbocycles. The molecule has 0 saturated carbocycles. The maximum atomic E-state index is 3.39. The second kappa shape index (κ2) is 15.2. The first-order valence-corrected chi connectivity index (χ1v) is 13.7. The largest absolute Gasteiger partial charge is 1.00 e. The monoisotopic (exact) mass is 612 g/mol. The number of aryl methyl sites for hydroxylation is 1. The van der Waals surface area contributed by atoms with Crippen molar-refractivity contribution in [2.75, 3.05) is 0 Å². The molecule has 0 aromatic heterocycles. The Kier molecular flexibility index (Phi) is 12.7. The van der Waals surface area contributed by atoms with Crippen LogP contribution in [0.4, 0.5) is 0 Å². The molecule has 5 aromatic carbocycles. The standard InChI is InChI=1S/C13H9.C13H13.C9H10.2ClH.Zr/c1-3-7-12-10(5-1)9-11-6-2-4-8-13(11)12;1-10-8-11(2)13(9-10)12-6-4-3-5-7-12;1-3-9-6-4-8(2)5-7-9;;;/h1-9H;3-7,9-10H,1-2H3;4-7H,1-2H3;2*1H;/q2*-1;;;;+2/p-2. The summed E-state index contributed by atoms with van der Waals surface area (Å²) in [4.78, 5) is 0. The van der Waals surface area contributed by atoms with Gasteiger partial charge in [0.15, 0.2) is 0 Å². The van der Waals surface area contributed by atoms with Crippen LogP contribution in [0.3, 0.4) is 0 Å². The number of fused-ring (bicyclic) bond motifs is 3. The zero-order valence-corrected chi connectivity index (χ0v) is 26.3. The maximum Gasteiger partial charge on any atom is -0.0771 e. The van der Waals surface area contributed by atoms with Crippen molar-refractivity contribution in [2.24, 2.45) is 5.92 Å². The molecule has 192 valence electrons. The Labute approximate surface area is 255 Å². The van der Waals surface area contributed by atoms with Gasteiger partial charge >= 0.3 is 76.7 Å². The molecule has 1 atom stereocenters. The summed E-state index contributed by atoms with van der Waals surface area (Å²) in [5.74, 6) is 0.468. The predicted molar refractivity (Wildman–Crippen MR) is 154 cm³/mol. The molecule has 0 bridgehead atoms. The Morgan fingerprint density at radius 1 is 0.711 bits per heavy atom. The number of rotatable bonds is 2. The average molecular weight is 615 g/mol. The smallest absolute Gasteiger partial charge is 0.0771 e. The van der Waals surface area contributed by atoms with Gasteiger partial charge < -0.3 is 24.8 Å². The minimum absolute atomic E-state index is 0. The normalized spacial score (nSPS) is 13.6. The van der Waals surface area contributed by atoms with Gasteiger partial charge in [-0.3, -0.25) is 6.08 Å². The van der Waals surface area contributed by atoms with Crippen molar-refractivity contribution in [3.63, 3.8) is 0 Å². The molecule has 38 heavy (non-hydrogen) atoms. The van der Waals surface area contributed by atoms with Gasteiger partial charge in [0.25, 0.3) is 0 Å². The Morgan fingerprint density at radius 3 is 1.68 bits per heavy atom. The van der Waals surface area contributed by atoms with Crippen LogP contribution in [0.2, 0.25) is 0 Å². The summed E-state index contributed by atoms with van der Waals surface area (Å²) in [6.07, 6.45) is 5.66.